The molecule has 1 aliphatic heterocycles. The van der Waals surface area contributed by atoms with E-state index in [9.17, 15) is 9.59 Å². The molecule has 0 aliphatic carbocycles. The molecule has 2 N–H and O–H groups in total. The van der Waals surface area contributed by atoms with Gasteiger partial charge in [0.1, 0.15) is 12.4 Å². The average molecular weight is 440 g/mol. The predicted octanol–water partition coefficient (Wildman–Crippen LogP) is 1.82. The number of aromatic nitrogens is 2. The molecule has 0 unspecified atom stereocenters. The van der Waals surface area contributed by atoms with Crippen LogP contribution in [0, 0.1) is 0 Å². The highest BCUT2D eigenvalue weighted by molar-refractivity contribution is 6.31. The minimum absolute atomic E-state index is 0.0791. The lowest BCUT2D eigenvalue weighted by Gasteiger charge is -2.22. The summed E-state index contributed by atoms with van der Waals surface area (Å²) in [6.45, 7) is 3.22. The maximum absolute atomic E-state index is 12.5. The monoisotopic (exact) mass is 439 g/mol. The second kappa shape index (κ2) is 10.5. The number of carbonyl (C=O) groups is 2. The highest BCUT2D eigenvalue weighted by Gasteiger charge is 2.16. The number of carbonyl (C=O) groups excluding carboxylic acids is 2. The van der Waals surface area contributed by atoms with Crippen LogP contribution in [-0.2, 0) is 11.3 Å². The minimum Gasteiger partial charge on any atom is -0.491 e. The average Bonchev–Trinajstić information content (AvgIpc) is 3.11. The summed E-state index contributed by atoms with van der Waals surface area (Å²) in [5.74, 6) is 0.128. The van der Waals surface area contributed by atoms with Gasteiger partial charge in [-0.2, -0.15) is 5.10 Å². The van der Waals surface area contributed by atoms with Gasteiger partial charge in [-0.1, -0.05) is 23.2 Å². The van der Waals surface area contributed by atoms with Crippen molar-refractivity contribution in [1.29, 1.82) is 0 Å². The number of amides is 2. The topological polar surface area (TPSA) is 88.5 Å². The Labute approximate surface area is 179 Å². The third-order valence-electron chi connectivity index (χ3n) is 4.42. The van der Waals surface area contributed by atoms with Crippen LogP contribution in [-0.4, -0.2) is 65.8 Å². The van der Waals surface area contributed by atoms with Crippen molar-refractivity contribution < 1.29 is 14.3 Å². The lowest BCUT2D eigenvalue weighted by Crippen LogP contribution is -2.41. The molecule has 3 rings (SSSR count). The third kappa shape index (κ3) is 6.62. The molecule has 2 aromatic rings. The summed E-state index contributed by atoms with van der Waals surface area (Å²) < 4.78 is 7.41. The zero-order chi connectivity index (χ0) is 20.6. The van der Waals surface area contributed by atoms with Crippen LogP contribution in [0.1, 0.15) is 16.8 Å². The summed E-state index contributed by atoms with van der Waals surface area (Å²) in [5.41, 5.74) is 0.383. The molecule has 1 aliphatic rings. The maximum atomic E-state index is 12.5. The van der Waals surface area contributed by atoms with Gasteiger partial charge in [-0.3, -0.25) is 19.2 Å². The second-order valence-corrected chi connectivity index (χ2v) is 7.52. The van der Waals surface area contributed by atoms with Crippen molar-refractivity contribution in [2.45, 2.75) is 13.0 Å². The van der Waals surface area contributed by atoms with Crippen molar-refractivity contribution in [3.05, 3.63) is 46.2 Å². The molecule has 0 atom stereocenters. The van der Waals surface area contributed by atoms with Crippen LogP contribution in [0.25, 0.3) is 0 Å². The van der Waals surface area contributed by atoms with Crippen molar-refractivity contribution in [3.63, 3.8) is 0 Å². The Balaban J connectivity index is 1.63. The number of hydrogen-bond donors (Lipinski definition) is 2. The highest BCUT2D eigenvalue weighted by atomic mass is 35.5. The largest absolute Gasteiger partial charge is 0.491 e. The standard InChI is InChI=1S/C19H23Cl2N5O3/c20-14-2-3-17-16(10-14)19(28)23-4-1-6-25(13-18(27)22-5-9-29-17)7-8-26-12-15(21)11-24-26/h2-3,10-12H,1,4-9,13H2,(H,22,27)(H,23,28). The van der Waals surface area contributed by atoms with Crippen molar-refractivity contribution in [3.8, 4) is 5.75 Å². The fraction of sp³-hybridized carbons (Fsp3) is 0.421. The van der Waals surface area contributed by atoms with E-state index in [1.807, 2.05) is 4.90 Å². The molecule has 0 bridgehead atoms. The Morgan fingerprint density at radius 2 is 1.97 bits per heavy atom. The van der Waals surface area contributed by atoms with Crippen molar-refractivity contribution >= 4 is 35.0 Å². The van der Waals surface area contributed by atoms with Crippen LogP contribution in [0.4, 0.5) is 0 Å². The maximum Gasteiger partial charge on any atom is 0.255 e. The predicted molar refractivity (Wildman–Crippen MR) is 111 cm³/mol. The normalized spacial score (nSPS) is 16.9. The Morgan fingerprint density at radius 1 is 1.10 bits per heavy atom. The first kappa shape index (κ1) is 21.4. The minimum atomic E-state index is -0.235. The van der Waals surface area contributed by atoms with Crippen LogP contribution < -0.4 is 15.4 Å². The number of nitrogens with zero attached hydrogens (tertiary/aromatic N) is 3. The number of ether oxygens (including phenoxy) is 1. The summed E-state index contributed by atoms with van der Waals surface area (Å²) in [6, 6.07) is 4.91. The number of nitrogens with one attached hydrogen (secondary N) is 2. The summed E-state index contributed by atoms with van der Waals surface area (Å²) in [7, 11) is 0. The Kier molecular flexibility index (Phi) is 7.74. The van der Waals surface area contributed by atoms with Gasteiger partial charge in [0.05, 0.1) is 36.4 Å². The molecule has 0 saturated carbocycles. The summed E-state index contributed by atoms with van der Waals surface area (Å²) in [6.07, 6.45) is 4.01. The number of rotatable bonds is 3. The molecule has 29 heavy (non-hydrogen) atoms. The van der Waals surface area contributed by atoms with E-state index < -0.39 is 0 Å². The first-order chi connectivity index (χ1) is 14.0. The molecule has 1 aromatic carbocycles. The van der Waals surface area contributed by atoms with Gasteiger partial charge in [-0.05, 0) is 24.6 Å². The molecule has 10 heteroatoms. The van der Waals surface area contributed by atoms with E-state index in [0.29, 0.717) is 60.5 Å². The van der Waals surface area contributed by atoms with E-state index in [-0.39, 0.29) is 25.0 Å². The SMILES string of the molecule is O=C1CN(CCn2cc(Cl)cn2)CCCNC(=O)c2cc(Cl)ccc2OCCN1. The van der Waals surface area contributed by atoms with Gasteiger partial charge in [0, 0.05) is 30.9 Å². The quantitative estimate of drug-likeness (QED) is 0.761. The van der Waals surface area contributed by atoms with Gasteiger partial charge in [0.25, 0.3) is 5.91 Å². The number of halogens is 2. The van der Waals surface area contributed by atoms with Crippen molar-refractivity contribution in [2.75, 3.05) is 39.3 Å². The van der Waals surface area contributed by atoms with E-state index >= 15 is 0 Å². The summed E-state index contributed by atoms with van der Waals surface area (Å²) >= 11 is 11.9. The van der Waals surface area contributed by atoms with Gasteiger partial charge in [-0.15, -0.1) is 0 Å². The van der Waals surface area contributed by atoms with E-state index in [0.717, 1.165) is 0 Å². The van der Waals surface area contributed by atoms with Gasteiger partial charge in [0.2, 0.25) is 5.91 Å². The van der Waals surface area contributed by atoms with Crippen LogP contribution in [0.2, 0.25) is 10.0 Å². The van der Waals surface area contributed by atoms with E-state index in [1.54, 1.807) is 35.3 Å². The number of hydrogen-bond acceptors (Lipinski definition) is 5. The van der Waals surface area contributed by atoms with Crippen LogP contribution >= 0.6 is 23.2 Å². The molecule has 2 amide bonds. The molecule has 0 saturated heterocycles. The molecule has 8 nitrogen and oxygen atoms in total. The second-order valence-electron chi connectivity index (χ2n) is 6.65. The number of benzene rings is 1. The third-order valence-corrected chi connectivity index (χ3v) is 4.85. The van der Waals surface area contributed by atoms with Gasteiger partial charge in [-0.25, -0.2) is 0 Å². The Hall–Kier alpha value is -2.29. The van der Waals surface area contributed by atoms with E-state index in [2.05, 4.69) is 15.7 Å². The smallest absolute Gasteiger partial charge is 0.255 e. The van der Waals surface area contributed by atoms with Crippen LogP contribution in [0.3, 0.4) is 0 Å². The zero-order valence-electron chi connectivity index (χ0n) is 15.9. The van der Waals surface area contributed by atoms with Gasteiger partial charge < -0.3 is 15.4 Å². The lowest BCUT2D eigenvalue weighted by atomic mass is 10.2. The first-order valence-corrected chi connectivity index (χ1v) is 10.1. The van der Waals surface area contributed by atoms with E-state index in [1.165, 1.54) is 0 Å². The lowest BCUT2D eigenvalue weighted by molar-refractivity contribution is -0.122. The first-order valence-electron chi connectivity index (χ1n) is 9.39. The van der Waals surface area contributed by atoms with Gasteiger partial charge >= 0.3 is 0 Å². The van der Waals surface area contributed by atoms with Gasteiger partial charge in [0.15, 0.2) is 0 Å². The van der Waals surface area contributed by atoms with Crippen LogP contribution in [0.15, 0.2) is 30.6 Å². The zero-order valence-corrected chi connectivity index (χ0v) is 17.4. The molecule has 1 aromatic heterocycles. The Morgan fingerprint density at radius 3 is 2.76 bits per heavy atom. The molecule has 0 radical (unpaired) electrons. The van der Waals surface area contributed by atoms with Crippen molar-refractivity contribution in [2.24, 2.45) is 0 Å². The Bertz CT molecular complexity index is 858. The van der Waals surface area contributed by atoms with E-state index in [4.69, 9.17) is 27.9 Å². The summed E-state index contributed by atoms with van der Waals surface area (Å²) in [5, 5.41) is 10.9. The fourth-order valence-corrected chi connectivity index (χ4v) is 3.32. The fourth-order valence-electron chi connectivity index (χ4n) is 2.99. The number of fused-ring (bicyclic) bond motifs is 1. The summed E-state index contributed by atoms with van der Waals surface area (Å²) in [4.78, 5) is 26.8. The molecular weight excluding hydrogens is 417 g/mol. The molecule has 0 spiro atoms. The van der Waals surface area contributed by atoms with Crippen molar-refractivity contribution in [1.82, 2.24) is 25.3 Å². The molecule has 156 valence electrons. The highest BCUT2D eigenvalue weighted by Crippen LogP contribution is 2.23. The molecule has 2 heterocycles. The van der Waals surface area contributed by atoms with Crippen LogP contribution in [0.5, 0.6) is 5.75 Å². The molecular formula is C19H23Cl2N5O3. The molecule has 0 fully saturated rings.